The summed E-state index contributed by atoms with van der Waals surface area (Å²) in [6, 6.07) is 0. The molecule has 3 radical (unpaired) electrons. The van der Waals surface area contributed by atoms with Crippen LogP contribution in [0.1, 0.15) is 1.43 Å². The van der Waals surface area contributed by atoms with E-state index in [1.54, 1.807) is 0 Å². The molecular weight excluding hydrogens is 209 g/mol. The van der Waals surface area contributed by atoms with Crippen LogP contribution < -0.4 is 29.6 Å². The average Bonchev–Trinajstić information content (AvgIpc) is 0. The van der Waals surface area contributed by atoms with E-state index in [2.05, 4.69) is 0 Å². The fourth-order valence-electron chi connectivity index (χ4n) is 0. The Labute approximate surface area is 91.6 Å². The smallest absolute Gasteiger partial charge is 1.00 e. The second kappa shape index (κ2) is 17.2. The van der Waals surface area contributed by atoms with Gasteiger partial charge in [0.25, 0.3) is 0 Å². The van der Waals surface area contributed by atoms with Crippen molar-refractivity contribution in [3.63, 3.8) is 0 Å². The zero-order valence-corrected chi connectivity index (χ0v) is 8.44. The quantitative estimate of drug-likeness (QED) is 0.379. The minimum atomic E-state index is 0. The molecule has 0 amide bonds. The summed E-state index contributed by atoms with van der Waals surface area (Å²) in [5.74, 6) is 0. The molecule has 0 bridgehead atoms. The summed E-state index contributed by atoms with van der Waals surface area (Å²) in [7, 11) is 0. The van der Waals surface area contributed by atoms with E-state index < -0.39 is 0 Å². The van der Waals surface area contributed by atoms with E-state index in [1.165, 1.54) is 0 Å². The summed E-state index contributed by atoms with van der Waals surface area (Å²) >= 11 is 0. The van der Waals surface area contributed by atoms with Crippen molar-refractivity contribution >= 4 is 20.8 Å². The van der Waals surface area contributed by atoms with Gasteiger partial charge in [0.15, 0.2) is 0 Å². The third kappa shape index (κ3) is 8.83. The molecular formula is H2BCeClNa. The predicted molar refractivity (Wildman–Crippen MR) is 14.1 cm³/mol. The van der Waals surface area contributed by atoms with E-state index in [4.69, 9.17) is 0 Å². The Balaban J connectivity index is 0. The van der Waals surface area contributed by atoms with Crippen molar-refractivity contribution in [2.24, 2.45) is 0 Å². The Morgan fingerprint density at radius 3 is 1.25 bits per heavy atom. The molecule has 0 saturated carbocycles. The molecule has 0 heterocycles. The van der Waals surface area contributed by atoms with Gasteiger partial charge in [0.1, 0.15) is 0 Å². The van der Waals surface area contributed by atoms with Gasteiger partial charge in [-0.25, -0.2) is 0 Å². The Morgan fingerprint density at radius 1 is 1.25 bits per heavy atom. The molecule has 0 rings (SSSR count). The third-order valence-electron chi connectivity index (χ3n) is 0. The molecule has 0 saturated heterocycles. The zero-order chi connectivity index (χ0) is 0. The Morgan fingerprint density at radius 2 is 1.25 bits per heavy atom. The largest absolute Gasteiger partial charge is 1.00 e. The number of halogens is 1. The van der Waals surface area contributed by atoms with Gasteiger partial charge in [-0.15, -0.1) is 12.4 Å². The van der Waals surface area contributed by atoms with E-state index >= 15 is 0 Å². The fraction of sp³-hybridized carbons (Fsp3) is 0. The molecule has 4 heavy (non-hydrogen) atoms. The molecule has 0 aliphatic carbocycles. The Bertz CT molecular complexity index is 11.6. The summed E-state index contributed by atoms with van der Waals surface area (Å²) in [4.78, 5) is 0. The van der Waals surface area contributed by atoms with E-state index in [9.17, 15) is 0 Å². The van der Waals surface area contributed by atoms with Crippen molar-refractivity contribution in [1.82, 2.24) is 0 Å². The van der Waals surface area contributed by atoms with Gasteiger partial charge in [-0.1, -0.05) is 0 Å². The first-order valence-electron chi connectivity index (χ1n) is 0. The van der Waals surface area contributed by atoms with Gasteiger partial charge < -0.3 is 1.43 Å². The zero-order valence-electron chi connectivity index (χ0n) is 3.49. The maximum atomic E-state index is 0. The van der Waals surface area contributed by atoms with Crippen LogP contribution >= 0.6 is 12.4 Å². The van der Waals surface area contributed by atoms with Crippen LogP contribution in [0.15, 0.2) is 0 Å². The molecule has 0 aromatic heterocycles. The van der Waals surface area contributed by atoms with Crippen LogP contribution in [0.4, 0.5) is 0 Å². The maximum absolute atomic E-state index is 0. The van der Waals surface area contributed by atoms with Crippen LogP contribution in [-0.4, -0.2) is 8.41 Å². The fourth-order valence-corrected chi connectivity index (χ4v) is 0. The first-order valence-corrected chi connectivity index (χ1v) is 0. The van der Waals surface area contributed by atoms with Crippen LogP contribution in [0.25, 0.3) is 0 Å². The van der Waals surface area contributed by atoms with E-state index in [1.807, 2.05) is 0 Å². The molecule has 0 aromatic carbocycles. The van der Waals surface area contributed by atoms with Crippen molar-refractivity contribution < 1.29 is 72.7 Å². The molecule has 0 atom stereocenters. The van der Waals surface area contributed by atoms with Crippen molar-refractivity contribution in [3.8, 4) is 0 Å². The Hall–Kier alpha value is 2.73. The van der Waals surface area contributed by atoms with E-state index in [0.717, 1.165) is 0 Å². The minimum Gasteiger partial charge on any atom is -1.00 e. The summed E-state index contributed by atoms with van der Waals surface area (Å²) in [5.41, 5.74) is 0. The SMILES string of the molecule is Cl.[B].[Ce].[H-].[Na+]. The van der Waals surface area contributed by atoms with E-state index in [0.29, 0.717) is 0 Å². The average molecular weight is 211 g/mol. The summed E-state index contributed by atoms with van der Waals surface area (Å²) in [5, 5.41) is 0. The molecule has 0 spiro atoms. The predicted octanol–water partition coefficient (Wildman–Crippen LogP) is -2.84. The minimum absolute atomic E-state index is 0. The van der Waals surface area contributed by atoms with Gasteiger partial charge in [-0.05, 0) is 0 Å². The van der Waals surface area contributed by atoms with Crippen molar-refractivity contribution in [2.75, 3.05) is 0 Å². The summed E-state index contributed by atoms with van der Waals surface area (Å²) in [6.07, 6.45) is 0. The molecule has 0 aliphatic rings. The maximum Gasteiger partial charge on any atom is 1.00 e. The van der Waals surface area contributed by atoms with Crippen molar-refractivity contribution in [3.05, 3.63) is 0 Å². The van der Waals surface area contributed by atoms with Crippen LogP contribution in [0, 0.1) is 41.7 Å². The normalized spacial score (nSPS) is 0. The third-order valence-corrected chi connectivity index (χ3v) is 0. The monoisotopic (exact) mass is 211 g/mol. The van der Waals surface area contributed by atoms with E-state index in [-0.39, 0.29) is 93.6 Å². The topological polar surface area (TPSA) is 0 Å². The van der Waals surface area contributed by atoms with Gasteiger partial charge >= 0.3 is 29.6 Å². The Kier molecular flexibility index (Phi) is 127. The second-order valence-electron chi connectivity index (χ2n) is 0. The molecule has 0 nitrogen and oxygen atoms in total. The van der Waals surface area contributed by atoms with Gasteiger partial charge in [0.05, 0.1) is 0 Å². The number of hydrogen-bond acceptors (Lipinski definition) is 0. The van der Waals surface area contributed by atoms with Gasteiger partial charge in [-0.3, -0.25) is 0 Å². The number of hydrogen-bond donors (Lipinski definition) is 0. The first-order chi connectivity index (χ1) is 0. The molecule has 0 unspecified atom stereocenters. The molecule has 0 aromatic rings. The second-order valence-corrected chi connectivity index (χ2v) is 0. The molecule has 4 heteroatoms. The van der Waals surface area contributed by atoms with Crippen LogP contribution in [0.2, 0.25) is 0 Å². The van der Waals surface area contributed by atoms with Crippen molar-refractivity contribution in [1.29, 1.82) is 0 Å². The van der Waals surface area contributed by atoms with Crippen LogP contribution in [-0.2, 0) is 0 Å². The standard InChI is InChI=1S/B.Ce.ClH.Na.H/h;;1H;;/q;;;+1;-1. The van der Waals surface area contributed by atoms with Gasteiger partial charge in [-0.2, -0.15) is 0 Å². The van der Waals surface area contributed by atoms with Crippen LogP contribution in [0.3, 0.4) is 0 Å². The van der Waals surface area contributed by atoms with Crippen molar-refractivity contribution in [2.45, 2.75) is 0 Å². The van der Waals surface area contributed by atoms with Crippen LogP contribution in [0.5, 0.6) is 0 Å². The molecule has 17 valence electrons. The molecule has 0 aliphatic heterocycles. The molecule has 0 fully saturated rings. The summed E-state index contributed by atoms with van der Waals surface area (Å²) in [6.45, 7) is 0. The van der Waals surface area contributed by atoms with Gasteiger partial charge in [0.2, 0.25) is 0 Å². The molecule has 0 N–H and O–H groups in total. The number of rotatable bonds is 0. The first kappa shape index (κ1) is 29.6. The van der Waals surface area contributed by atoms with Gasteiger partial charge in [0, 0.05) is 50.2 Å². The summed E-state index contributed by atoms with van der Waals surface area (Å²) < 4.78 is 0.